The fraction of sp³-hybridized carbons (Fsp3) is 0.214. The smallest absolute Gasteiger partial charge is 0.256 e. The highest BCUT2D eigenvalue weighted by atomic mass is 35.5. The van der Waals surface area contributed by atoms with E-state index in [0.717, 1.165) is 0 Å². The number of nitrogens with zero attached hydrogens (tertiary/aromatic N) is 6. The number of hydrogen-bond donors (Lipinski definition) is 0. The monoisotopic (exact) mass is 564 g/mol. The van der Waals surface area contributed by atoms with Crippen molar-refractivity contribution in [3.63, 3.8) is 0 Å². The first kappa shape index (κ1) is 28.4. The minimum Gasteiger partial charge on any atom is -0.345 e. The van der Waals surface area contributed by atoms with Crippen molar-refractivity contribution in [1.82, 2.24) is 28.9 Å². The third-order valence-electron chi connectivity index (χ3n) is 6.14. The Morgan fingerprint density at radius 1 is 0.900 bits per heavy atom. The molecule has 0 atom stereocenters. The van der Waals surface area contributed by atoms with Gasteiger partial charge in [0.1, 0.15) is 5.82 Å². The Bertz CT molecular complexity index is 1700. The lowest BCUT2D eigenvalue weighted by atomic mass is 10.1. The molecular formula is C28H26ClFN6O4. The van der Waals surface area contributed by atoms with Gasteiger partial charge in [-0.25, -0.2) is 14.4 Å². The molecule has 12 heteroatoms. The lowest BCUT2D eigenvalue weighted by Gasteiger charge is -2.18. The van der Waals surface area contributed by atoms with Crippen molar-refractivity contribution in [1.29, 1.82) is 0 Å². The van der Waals surface area contributed by atoms with Gasteiger partial charge in [-0.3, -0.25) is 28.3 Å². The fourth-order valence-electron chi connectivity index (χ4n) is 3.96. The van der Waals surface area contributed by atoms with E-state index in [2.05, 4.69) is 9.97 Å². The average molecular weight is 565 g/mol. The highest BCUT2D eigenvalue weighted by Gasteiger charge is 2.17. The van der Waals surface area contributed by atoms with Crippen LogP contribution in [0.2, 0.25) is 5.02 Å². The third kappa shape index (κ3) is 6.49. The zero-order valence-electron chi connectivity index (χ0n) is 22.0. The van der Waals surface area contributed by atoms with Gasteiger partial charge < -0.3 is 9.80 Å². The lowest BCUT2D eigenvalue weighted by molar-refractivity contribution is 0.0782. The highest BCUT2D eigenvalue weighted by Crippen LogP contribution is 2.20. The molecule has 4 aromatic rings. The summed E-state index contributed by atoms with van der Waals surface area (Å²) in [6.45, 7) is 0.334. The van der Waals surface area contributed by atoms with Crippen molar-refractivity contribution in [2.75, 3.05) is 21.1 Å². The van der Waals surface area contributed by atoms with E-state index < -0.39 is 11.7 Å². The largest absolute Gasteiger partial charge is 0.345 e. The summed E-state index contributed by atoms with van der Waals surface area (Å²) < 4.78 is 17.1. The van der Waals surface area contributed by atoms with Crippen LogP contribution in [0.3, 0.4) is 0 Å². The molecule has 0 saturated carbocycles. The molecule has 0 saturated heterocycles. The van der Waals surface area contributed by atoms with Crippen LogP contribution in [0.4, 0.5) is 4.39 Å². The van der Waals surface area contributed by atoms with Gasteiger partial charge in [0.15, 0.2) is 0 Å². The zero-order chi connectivity index (χ0) is 29.0. The van der Waals surface area contributed by atoms with Gasteiger partial charge in [0.05, 0.1) is 43.5 Å². The van der Waals surface area contributed by atoms with Crippen LogP contribution in [0.15, 0.2) is 77.0 Å². The highest BCUT2D eigenvalue weighted by molar-refractivity contribution is 6.31. The average Bonchev–Trinajstić information content (AvgIpc) is 2.91. The molecule has 0 fully saturated rings. The Labute approximate surface area is 233 Å². The Hall–Kier alpha value is -4.64. The second-order valence-corrected chi connectivity index (χ2v) is 9.78. The first-order valence-corrected chi connectivity index (χ1v) is 12.5. The van der Waals surface area contributed by atoms with Crippen LogP contribution in [-0.2, 0) is 19.6 Å². The summed E-state index contributed by atoms with van der Waals surface area (Å²) in [5.41, 5.74) is 1.20. The topological polar surface area (TPSA) is 110 Å². The molecule has 4 rings (SSSR count). The minimum absolute atomic E-state index is 0.0535. The molecule has 2 amide bonds. The predicted molar refractivity (Wildman–Crippen MR) is 147 cm³/mol. The van der Waals surface area contributed by atoms with Crippen LogP contribution in [0.25, 0.3) is 0 Å². The summed E-state index contributed by atoms with van der Waals surface area (Å²) in [4.78, 5) is 60.6. The van der Waals surface area contributed by atoms with Gasteiger partial charge in [0.2, 0.25) is 0 Å². The number of benzene rings is 2. The van der Waals surface area contributed by atoms with Crippen molar-refractivity contribution in [2.45, 2.75) is 19.6 Å². The summed E-state index contributed by atoms with van der Waals surface area (Å²) in [7, 11) is 4.65. The van der Waals surface area contributed by atoms with E-state index in [1.54, 1.807) is 25.2 Å². The van der Waals surface area contributed by atoms with E-state index in [4.69, 9.17) is 11.6 Å². The van der Waals surface area contributed by atoms with Crippen LogP contribution >= 0.6 is 11.6 Å². The number of carbonyl (C=O) groups excluding carboxylic acids is 2. The minimum atomic E-state index is -0.673. The summed E-state index contributed by atoms with van der Waals surface area (Å²) in [6, 6.07) is 11.7. The summed E-state index contributed by atoms with van der Waals surface area (Å²) >= 11 is 6.39. The van der Waals surface area contributed by atoms with Crippen molar-refractivity contribution < 1.29 is 14.0 Å². The maximum atomic E-state index is 14.4. The van der Waals surface area contributed by atoms with Crippen LogP contribution in [0.5, 0.6) is 0 Å². The molecular weight excluding hydrogens is 539 g/mol. The van der Waals surface area contributed by atoms with Gasteiger partial charge in [0, 0.05) is 50.1 Å². The van der Waals surface area contributed by atoms with Crippen LogP contribution in [0.1, 0.15) is 37.5 Å². The molecule has 2 heterocycles. The van der Waals surface area contributed by atoms with Gasteiger partial charge in [-0.05, 0) is 35.4 Å². The molecule has 0 N–H and O–H groups in total. The number of hydrogen-bond acceptors (Lipinski definition) is 6. The van der Waals surface area contributed by atoms with E-state index >= 15 is 0 Å². The molecule has 206 valence electrons. The maximum Gasteiger partial charge on any atom is 0.256 e. The van der Waals surface area contributed by atoms with Gasteiger partial charge in [-0.2, -0.15) is 0 Å². The Morgan fingerprint density at radius 2 is 1.65 bits per heavy atom. The number of halogens is 2. The number of aromatic nitrogens is 4. The molecule has 40 heavy (non-hydrogen) atoms. The van der Waals surface area contributed by atoms with Gasteiger partial charge in [-0.1, -0.05) is 23.7 Å². The zero-order valence-corrected chi connectivity index (χ0v) is 22.8. The van der Waals surface area contributed by atoms with E-state index in [1.807, 2.05) is 0 Å². The molecule has 0 aliphatic heterocycles. The number of rotatable bonds is 8. The van der Waals surface area contributed by atoms with Crippen molar-refractivity contribution >= 4 is 23.4 Å². The summed E-state index contributed by atoms with van der Waals surface area (Å²) in [5, 5.41) is 0.325. The van der Waals surface area contributed by atoms with Crippen molar-refractivity contribution in [2.24, 2.45) is 0 Å². The van der Waals surface area contributed by atoms with E-state index in [9.17, 15) is 23.6 Å². The normalized spacial score (nSPS) is 10.8. The van der Waals surface area contributed by atoms with Gasteiger partial charge in [0.25, 0.3) is 22.9 Å². The number of carbonyl (C=O) groups is 2. The Balaban J connectivity index is 1.42. The van der Waals surface area contributed by atoms with E-state index in [0.29, 0.717) is 27.4 Å². The van der Waals surface area contributed by atoms with E-state index in [-0.39, 0.29) is 42.2 Å². The Kier molecular flexibility index (Phi) is 8.54. The molecule has 2 aromatic heterocycles. The molecule has 2 aromatic carbocycles. The molecule has 10 nitrogen and oxygen atoms in total. The first-order valence-electron chi connectivity index (χ1n) is 12.1. The Morgan fingerprint density at radius 3 is 2.30 bits per heavy atom. The predicted octanol–water partition coefficient (Wildman–Crippen LogP) is 2.66. The lowest BCUT2D eigenvalue weighted by Crippen LogP contribution is -2.29. The number of amides is 2. The van der Waals surface area contributed by atoms with Crippen LogP contribution < -0.4 is 11.1 Å². The maximum absolute atomic E-state index is 14.4. The molecule has 0 radical (unpaired) electrons. The van der Waals surface area contributed by atoms with E-state index in [1.165, 1.54) is 82.2 Å². The van der Waals surface area contributed by atoms with Crippen LogP contribution in [0, 0.1) is 5.82 Å². The van der Waals surface area contributed by atoms with Crippen LogP contribution in [-0.4, -0.2) is 61.9 Å². The second-order valence-electron chi connectivity index (χ2n) is 9.37. The molecule has 0 aliphatic rings. The van der Waals surface area contributed by atoms with Crippen molar-refractivity contribution in [3.05, 3.63) is 127 Å². The second kappa shape index (κ2) is 12.0. The molecule has 0 aliphatic carbocycles. The SMILES string of the molecule is CN(C)C(=O)c1ccc(Cn2cnc(CN(C)C(=O)c3ccc(Cn4cnccc4=O)c(Cl)c3)cc2=O)cc1F. The standard InChI is InChI=1S/C28H26ClFN6O4/c1-33(2)28(40)22-7-4-18(10-24(22)30)13-35-17-32-21(12-26(35)38)15-34(3)27(39)19-5-6-20(23(29)11-19)14-36-16-31-9-8-25(36)37/h4-12,16-17H,13-15H2,1-3H3. The summed E-state index contributed by atoms with van der Waals surface area (Å²) in [6.07, 6.45) is 4.15. The first-order chi connectivity index (χ1) is 19.0. The third-order valence-corrected chi connectivity index (χ3v) is 6.49. The molecule has 0 unspecified atom stereocenters. The van der Waals surface area contributed by atoms with Gasteiger partial charge >= 0.3 is 0 Å². The van der Waals surface area contributed by atoms with Gasteiger partial charge in [-0.15, -0.1) is 0 Å². The fourth-order valence-corrected chi connectivity index (χ4v) is 4.20. The summed E-state index contributed by atoms with van der Waals surface area (Å²) in [5.74, 6) is -1.46. The molecule has 0 spiro atoms. The molecule has 0 bridgehead atoms. The quantitative estimate of drug-likeness (QED) is 0.325. The van der Waals surface area contributed by atoms with Crippen molar-refractivity contribution in [3.8, 4) is 0 Å².